The number of rotatable bonds is 4. The second kappa shape index (κ2) is 7.01. The molecule has 25 heavy (non-hydrogen) atoms. The largest absolute Gasteiger partial charge is 0.298 e. The van der Waals surface area contributed by atoms with Gasteiger partial charge in [-0.2, -0.15) is 0 Å². The fraction of sp³-hybridized carbons (Fsp3) is 0.278. The van der Waals surface area contributed by atoms with Gasteiger partial charge >= 0.3 is 0 Å². The molecule has 0 bridgehead atoms. The number of amides is 1. The van der Waals surface area contributed by atoms with Crippen LogP contribution in [0, 0.1) is 0 Å². The summed E-state index contributed by atoms with van der Waals surface area (Å²) in [6, 6.07) is 11.8. The molecule has 0 saturated heterocycles. The fourth-order valence-corrected chi connectivity index (χ4v) is 4.51. The minimum atomic E-state index is -0.294. The molecule has 4 rings (SSSR count). The van der Waals surface area contributed by atoms with Gasteiger partial charge in [-0.15, -0.1) is 16.4 Å². The highest BCUT2D eigenvalue weighted by Gasteiger charge is 2.34. The van der Waals surface area contributed by atoms with E-state index in [-0.39, 0.29) is 12.1 Å². The topological polar surface area (TPSA) is 57.1 Å². The van der Waals surface area contributed by atoms with E-state index >= 15 is 0 Å². The molecular weight excluding hydrogens is 352 g/mol. The van der Waals surface area contributed by atoms with Crippen LogP contribution in [0.4, 0.5) is 0 Å². The average Bonchev–Trinajstić information content (AvgIpc) is 3.15. The fourth-order valence-electron chi connectivity index (χ4n) is 2.83. The quantitative estimate of drug-likeness (QED) is 0.841. The first-order valence-electron chi connectivity index (χ1n) is 8.30. The maximum Gasteiger partial charge on any atom is 0.276 e. The molecule has 2 aliphatic heterocycles. The summed E-state index contributed by atoms with van der Waals surface area (Å²) < 4.78 is 0. The van der Waals surface area contributed by atoms with Gasteiger partial charge in [0.15, 0.2) is 11.3 Å². The van der Waals surface area contributed by atoms with Crippen LogP contribution < -0.4 is 15.9 Å². The first-order valence-corrected chi connectivity index (χ1v) is 10.2. The van der Waals surface area contributed by atoms with E-state index in [1.807, 2.05) is 41.8 Å². The van der Waals surface area contributed by atoms with Gasteiger partial charge in [0.1, 0.15) is 5.70 Å². The van der Waals surface area contributed by atoms with Crippen molar-refractivity contribution in [3.8, 4) is 0 Å². The van der Waals surface area contributed by atoms with E-state index in [1.165, 1.54) is 0 Å². The maximum atomic E-state index is 12.8. The monoisotopic (exact) mass is 370 g/mol. The van der Waals surface area contributed by atoms with Crippen molar-refractivity contribution in [2.24, 2.45) is 10.1 Å². The maximum absolute atomic E-state index is 12.8. The molecule has 3 heterocycles. The lowest BCUT2D eigenvalue weighted by atomic mass is 10.1. The zero-order chi connectivity index (χ0) is 17.2. The first-order chi connectivity index (χ1) is 12.3. The van der Waals surface area contributed by atoms with Gasteiger partial charge in [0.2, 0.25) is 0 Å². The number of carbonyl (C=O) groups excluding carboxylic acids is 1. The zero-order valence-electron chi connectivity index (χ0n) is 13.8. The van der Waals surface area contributed by atoms with Crippen LogP contribution in [-0.2, 0) is 4.79 Å². The van der Waals surface area contributed by atoms with Gasteiger partial charge in [0, 0.05) is 11.0 Å². The van der Waals surface area contributed by atoms with E-state index in [1.54, 1.807) is 28.1 Å². The molecule has 0 unspecified atom stereocenters. The van der Waals surface area contributed by atoms with Crippen molar-refractivity contribution in [2.75, 3.05) is 5.75 Å². The molecule has 2 aromatic rings. The first kappa shape index (κ1) is 16.4. The van der Waals surface area contributed by atoms with Crippen molar-refractivity contribution in [1.82, 2.24) is 10.3 Å². The van der Waals surface area contributed by atoms with Gasteiger partial charge in [-0.05, 0) is 23.9 Å². The lowest BCUT2D eigenvalue weighted by Gasteiger charge is -2.33. The number of nitrogens with zero attached hydrogens (tertiary/aromatic N) is 3. The van der Waals surface area contributed by atoms with Gasteiger partial charge in [0.25, 0.3) is 5.91 Å². The lowest BCUT2D eigenvalue weighted by Crippen LogP contribution is -2.50. The number of carbonyl (C=O) groups is 1. The van der Waals surface area contributed by atoms with E-state index in [2.05, 4.69) is 12.2 Å². The summed E-state index contributed by atoms with van der Waals surface area (Å²) in [6.07, 6.45) is 1.92. The Morgan fingerprint density at radius 3 is 2.96 bits per heavy atom. The smallest absolute Gasteiger partial charge is 0.276 e. The Balaban J connectivity index is 1.82. The summed E-state index contributed by atoms with van der Waals surface area (Å²) in [6.45, 7) is 2.15. The van der Waals surface area contributed by atoms with Crippen molar-refractivity contribution in [3.05, 3.63) is 57.2 Å². The van der Waals surface area contributed by atoms with Crippen LogP contribution in [0.2, 0.25) is 0 Å². The molecule has 2 aliphatic rings. The SMILES string of the molecule is CCCCSC1=NN2C(=c3ccccc3=N[C@@H]2c2cccs2)C(=O)N1. The molecule has 1 N–H and O–H groups in total. The average molecular weight is 371 g/mol. The second-order valence-electron chi connectivity index (χ2n) is 5.79. The summed E-state index contributed by atoms with van der Waals surface area (Å²) in [4.78, 5) is 18.8. The molecule has 5 nitrogen and oxygen atoms in total. The number of fused-ring (bicyclic) bond motifs is 2. The van der Waals surface area contributed by atoms with E-state index in [0.29, 0.717) is 10.9 Å². The van der Waals surface area contributed by atoms with Crippen LogP contribution in [0.5, 0.6) is 0 Å². The minimum Gasteiger partial charge on any atom is -0.298 e. The Morgan fingerprint density at radius 2 is 2.16 bits per heavy atom. The molecule has 1 aromatic heterocycles. The van der Waals surface area contributed by atoms with Crippen molar-refractivity contribution in [2.45, 2.75) is 25.9 Å². The van der Waals surface area contributed by atoms with E-state index in [9.17, 15) is 4.79 Å². The number of benzene rings is 1. The van der Waals surface area contributed by atoms with Crippen LogP contribution >= 0.6 is 23.1 Å². The van der Waals surface area contributed by atoms with E-state index in [0.717, 1.165) is 34.0 Å². The highest BCUT2D eigenvalue weighted by atomic mass is 32.2. The number of hydrogen-bond acceptors (Lipinski definition) is 6. The normalized spacial score (nSPS) is 18.8. The third-order valence-corrected chi connectivity index (χ3v) is 5.91. The molecule has 1 aromatic carbocycles. The van der Waals surface area contributed by atoms with Crippen molar-refractivity contribution >= 4 is 39.9 Å². The predicted octanol–water partition coefficient (Wildman–Crippen LogP) is 2.42. The van der Waals surface area contributed by atoms with Crippen LogP contribution in [-0.4, -0.2) is 21.8 Å². The number of hydrogen-bond donors (Lipinski definition) is 1. The number of amidine groups is 1. The Labute approximate surface area is 154 Å². The summed E-state index contributed by atoms with van der Waals surface area (Å²) in [5.41, 5.74) is 0.573. The molecule has 0 saturated carbocycles. The molecule has 7 heteroatoms. The van der Waals surface area contributed by atoms with E-state index in [4.69, 9.17) is 10.1 Å². The van der Waals surface area contributed by atoms with Gasteiger partial charge in [0.05, 0.1) is 10.2 Å². The van der Waals surface area contributed by atoms with Crippen LogP contribution in [0.15, 0.2) is 51.9 Å². The number of unbranched alkanes of at least 4 members (excludes halogenated alkanes) is 1. The van der Waals surface area contributed by atoms with E-state index < -0.39 is 0 Å². The number of thioether (sulfide) groups is 1. The highest BCUT2D eigenvalue weighted by Crippen LogP contribution is 2.32. The number of nitrogens with one attached hydrogen (secondary N) is 1. The third-order valence-electron chi connectivity index (χ3n) is 4.05. The molecule has 0 fully saturated rings. The molecule has 0 spiro atoms. The Hall–Kier alpha value is -2.12. The number of para-hydroxylation sites is 1. The van der Waals surface area contributed by atoms with Gasteiger partial charge in [-0.25, -0.2) is 5.01 Å². The van der Waals surface area contributed by atoms with Crippen molar-refractivity contribution < 1.29 is 4.79 Å². The Kier molecular flexibility index (Phi) is 4.59. The summed E-state index contributed by atoms with van der Waals surface area (Å²) in [5, 5.41) is 13.8. The number of hydrazone groups is 1. The Morgan fingerprint density at radius 1 is 1.28 bits per heavy atom. The zero-order valence-corrected chi connectivity index (χ0v) is 15.4. The van der Waals surface area contributed by atoms with Gasteiger partial charge in [-0.3, -0.25) is 15.1 Å². The standard InChI is InChI=1S/C18H18N4OS2/c1-2-3-10-25-18-20-17(23)15-12-7-4-5-8-13(12)19-16(22(15)21-18)14-9-6-11-24-14/h4-9,11,16H,2-3,10H2,1H3,(H,20,21,23)/t16-/m0/s1. The van der Waals surface area contributed by atoms with Crippen LogP contribution in [0.1, 0.15) is 30.8 Å². The molecule has 1 atom stereocenters. The predicted molar refractivity (Wildman–Crippen MR) is 102 cm³/mol. The summed E-state index contributed by atoms with van der Waals surface area (Å²) in [7, 11) is 0. The van der Waals surface area contributed by atoms with Gasteiger partial charge < -0.3 is 0 Å². The minimum absolute atomic E-state index is 0.113. The van der Waals surface area contributed by atoms with Crippen molar-refractivity contribution in [3.63, 3.8) is 0 Å². The second-order valence-corrected chi connectivity index (χ2v) is 7.85. The molecule has 0 aliphatic carbocycles. The highest BCUT2D eigenvalue weighted by molar-refractivity contribution is 8.13. The molecule has 0 radical (unpaired) electrons. The number of thiophene rings is 1. The molecule has 128 valence electrons. The van der Waals surface area contributed by atoms with Crippen LogP contribution in [0.25, 0.3) is 5.70 Å². The third kappa shape index (κ3) is 3.09. The van der Waals surface area contributed by atoms with Gasteiger partial charge in [-0.1, -0.05) is 49.4 Å². The molecular formula is C18H18N4OS2. The van der Waals surface area contributed by atoms with Crippen molar-refractivity contribution in [1.29, 1.82) is 0 Å². The summed E-state index contributed by atoms with van der Waals surface area (Å²) >= 11 is 3.21. The Bertz CT molecular complexity index is 936. The summed E-state index contributed by atoms with van der Waals surface area (Å²) in [5.74, 6) is 0.828. The molecule has 1 amide bonds. The lowest BCUT2D eigenvalue weighted by molar-refractivity contribution is -0.116. The van der Waals surface area contributed by atoms with Crippen LogP contribution in [0.3, 0.4) is 0 Å².